The summed E-state index contributed by atoms with van der Waals surface area (Å²) in [6, 6.07) is 10.6. The number of rotatable bonds is 2. The fourth-order valence-corrected chi connectivity index (χ4v) is 3.11. The Kier molecular flexibility index (Phi) is 3.64. The normalized spacial score (nSPS) is 15.9. The maximum absolute atomic E-state index is 6.31. The molecule has 0 aliphatic carbocycles. The molecule has 3 rings (SSSR count). The Morgan fingerprint density at radius 1 is 1.09 bits per heavy atom. The van der Waals surface area contributed by atoms with Crippen LogP contribution in [0.1, 0.15) is 37.0 Å². The first-order valence-electron chi connectivity index (χ1n) is 7.88. The van der Waals surface area contributed by atoms with Gasteiger partial charge >= 0.3 is 0 Å². The highest BCUT2D eigenvalue weighted by atomic mass is 16.5. The molecule has 1 aliphatic rings. The van der Waals surface area contributed by atoms with E-state index in [0.29, 0.717) is 0 Å². The predicted octanol–water partition coefficient (Wildman–Crippen LogP) is 5.08. The van der Waals surface area contributed by atoms with Crippen LogP contribution in [0.2, 0.25) is 0 Å². The van der Waals surface area contributed by atoms with E-state index in [1.807, 2.05) is 12.1 Å². The highest BCUT2D eigenvalue weighted by Crippen LogP contribution is 2.42. The highest BCUT2D eigenvalue weighted by Gasteiger charge is 2.30. The molecule has 1 heterocycles. The quantitative estimate of drug-likeness (QED) is 0.769. The molecule has 2 nitrogen and oxygen atoms in total. The molecule has 0 aromatic heterocycles. The maximum atomic E-state index is 6.31. The summed E-state index contributed by atoms with van der Waals surface area (Å²) in [7, 11) is 1.70. The second-order valence-electron chi connectivity index (χ2n) is 6.76. The van der Waals surface area contributed by atoms with Crippen LogP contribution in [0.25, 0.3) is 11.1 Å². The van der Waals surface area contributed by atoms with Crippen molar-refractivity contribution in [2.24, 2.45) is 0 Å². The third-order valence-corrected chi connectivity index (χ3v) is 4.65. The molecule has 2 aromatic rings. The van der Waals surface area contributed by atoms with Crippen molar-refractivity contribution in [3.05, 3.63) is 47.0 Å². The lowest BCUT2D eigenvalue weighted by molar-refractivity contribution is 0.0838. The van der Waals surface area contributed by atoms with E-state index >= 15 is 0 Å². The summed E-state index contributed by atoms with van der Waals surface area (Å²) in [5.74, 6) is 1.97. The second-order valence-corrected chi connectivity index (χ2v) is 6.76. The monoisotopic (exact) mass is 296 g/mol. The number of benzene rings is 2. The molecule has 0 fully saturated rings. The van der Waals surface area contributed by atoms with Crippen LogP contribution < -0.4 is 9.47 Å². The average molecular weight is 296 g/mol. The molecule has 0 N–H and O–H groups in total. The van der Waals surface area contributed by atoms with Gasteiger partial charge in [0.2, 0.25) is 0 Å². The van der Waals surface area contributed by atoms with Gasteiger partial charge in [-0.05, 0) is 74.9 Å². The summed E-state index contributed by atoms with van der Waals surface area (Å²) in [4.78, 5) is 0. The van der Waals surface area contributed by atoms with Crippen molar-refractivity contribution < 1.29 is 9.47 Å². The van der Waals surface area contributed by atoms with E-state index in [9.17, 15) is 0 Å². The van der Waals surface area contributed by atoms with E-state index in [1.54, 1.807) is 7.11 Å². The van der Waals surface area contributed by atoms with Gasteiger partial charge in [0.25, 0.3) is 0 Å². The van der Waals surface area contributed by atoms with Crippen molar-refractivity contribution in [2.45, 2.75) is 46.1 Å². The molecule has 0 atom stereocenters. The lowest BCUT2D eigenvalue weighted by Gasteiger charge is -2.35. The lowest BCUT2D eigenvalue weighted by Crippen LogP contribution is -2.33. The van der Waals surface area contributed by atoms with Gasteiger partial charge in [0.05, 0.1) is 7.11 Å². The molecule has 0 saturated heterocycles. The van der Waals surface area contributed by atoms with Gasteiger partial charge in [-0.25, -0.2) is 0 Å². The molecule has 0 unspecified atom stereocenters. The number of methoxy groups -OCH3 is 1. The fourth-order valence-electron chi connectivity index (χ4n) is 3.11. The minimum absolute atomic E-state index is 0.0806. The summed E-state index contributed by atoms with van der Waals surface area (Å²) in [5, 5.41) is 0. The van der Waals surface area contributed by atoms with Gasteiger partial charge in [0.15, 0.2) is 0 Å². The zero-order valence-electron chi connectivity index (χ0n) is 14.1. The fraction of sp³-hybridized carbons (Fsp3) is 0.400. The smallest absolute Gasteiger partial charge is 0.127 e. The van der Waals surface area contributed by atoms with Crippen molar-refractivity contribution in [3.63, 3.8) is 0 Å². The van der Waals surface area contributed by atoms with E-state index in [1.165, 1.54) is 27.8 Å². The molecule has 0 radical (unpaired) electrons. The van der Waals surface area contributed by atoms with Crippen LogP contribution >= 0.6 is 0 Å². The molecule has 22 heavy (non-hydrogen) atoms. The van der Waals surface area contributed by atoms with Gasteiger partial charge in [0, 0.05) is 5.56 Å². The summed E-state index contributed by atoms with van der Waals surface area (Å²) in [5.41, 5.74) is 6.32. The molecular formula is C20H24O2. The molecule has 0 bridgehead atoms. The Labute approximate surface area is 133 Å². The van der Waals surface area contributed by atoms with Crippen molar-refractivity contribution in [1.82, 2.24) is 0 Å². The molecular weight excluding hydrogens is 272 g/mol. The van der Waals surface area contributed by atoms with Gasteiger partial charge < -0.3 is 9.47 Å². The molecule has 2 aromatic carbocycles. The van der Waals surface area contributed by atoms with Crippen LogP contribution in [0.4, 0.5) is 0 Å². The maximum Gasteiger partial charge on any atom is 0.127 e. The highest BCUT2D eigenvalue weighted by molar-refractivity contribution is 5.73. The van der Waals surface area contributed by atoms with E-state index < -0.39 is 0 Å². The average Bonchev–Trinajstić information content (AvgIpc) is 2.50. The second kappa shape index (κ2) is 5.35. The minimum atomic E-state index is -0.0806. The summed E-state index contributed by atoms with van der Waals surface area (Å²) >= 11 is 0. The van der Waals surface area contributed by atoms with Gasteiger partial charge in [-0.15, -0.1) is 0 Å². The summed E-state index contributed by atoms with van der Waals surface area (Å²) < 4.78 is 11.6. The van der Waals surface area contributed by atoms with Crippen molar-refractivity contribution in [2.75, 3.05) is 7.11 Å². The largest absolute Gasteiger partial charge is 0.497 e. The third-order valence-electron chi connectivity index (χ3n) is 4.65. The Hall–Kier alpha value is -1.96. The Balaban J connectivity index is 2.14. The van der Waals surface area contributed by atoms with Crippen LogP contribution in [-0.4, -0.2) is 12.7 Å². The van der Waals surface area contributed by atoms with Gasteiger partial charge in [-0.1, -0.05) is 18.2 Å². The standard InChI is InChI=1S/C20H24O2/c1-13-12-18(15-6-8-16(21-5)9-7-15)17-10-11-20(3,4)22-19(17)14(13)2/h6-9,12H,10-11H2,1-5H3. The Morgan fingerprint density at radius 3 is 2.41 bits per heavy atom. The molecule has 2 heteroatoms. The Morgan fingerprint density at radius 2 is 1.77 bits per heavy atom. The lowest BCUT2D eigenvalue weighted by atomic mass is 9.86. The van der Waals surface area contributed by atoms with Crippen LogP contribution in [0, 0.1) is 13.8 Å². The van der Waals surface area contributed by atoms with Gasteiger partial charge in [0.1, 0.15) is 17.1 Å². The molecule has 0 amide bonds. The third kappa shape index (κ3) is 2.58. The van der Waals surface area contributed by atoms with Crippen LogP contribution in [-0.2, 0) is 6.42 Å². The molecule has 1 aliphatic heterocycles. The van der Waals surface area contributed by atoms with Gasteiger partial charge in [-0.3, -0.25) is 0 Å². The van der Waals surface area contributed by atoms with Crippen molar-refractivity contribution in [3.8, 4) is 22.6 Å². The van der Waals surface area contributed by atoms with Crippen molar-refractivity contribution in [1.29, 1.82) is 0 Å². The van der Waals surface area contributed by atoms with E-state index in [2.05, 4.69) is 45.9 Å². The van der Waals surface area contributed by atoms with Gasteiger partial charge in [-0.2, -0.15) is 0 Å². The topological polar surface area (TPSA) is 18.5 Å². The number of aryl methyl sites for hydroxylation is 1. The molecule has 0 saturated carbocycles. The zero-order chi connectivity index (χ0) is 15.9. The first-order valence-corrected chi connectivity index (χ1v) is 7.88. The number of ether oxygens (including phenoxy) is 2. The van der Waals surface area contributed by atoms with Crippen LogP contribution in [0.5, 0.6) is 11.5 Å². The Bertz CT molecular complexity index is 697. The minimum Gasteiger partial charge on any atom is -0.497 e. The van der Waals surface area contributed by atoms with E-state index in [-0.39, 0.29) is 5.60 Å². The van der Waals surface area contributed by atoms with Crippen LogP contribution in [0.15, 0.2) is 30.3 Å². The first-order chi connectivity index (χ1) is 10.4. The zero-order valence-corrected chi connectivity index (χ0v) is 14.1. The summed E-state index contributed by atoms with van der Waals surface area (Å²) in [6.07, 6.45) is 2.11. The predicted molar refractivity (Wildman–Crippen MR) is 90.9 cm³/mol. The number of hydrogen-bond acceptors (Lipinski definition) is 2. The molecule has 116 valence electrons. The summed E-state index contributed by atoms with van der Waals surface area (Å²) in [6.45, 7) is 8.66. The number of hydrogen-bond donors (Lipinski definition) is 0. The van der Waals surface area contributed by atoms with Crippen LogP contribution in [0.3, 0.4) is 0 Å². The van der Waals surface area contributed by atoms with E-state index in [0.717, 1.165) is 24.3 Å². The first kappa shape index (κ1) is 15.0. The number of fused-ring (bicyclic) bond motifs is 1. The molecule has 0 spiro atoms. The van der Waals surface area contributed by atoms with E-state index in [4.69, 9.17) is 9.47 Å². The van der Waals surface area contributed by atoms with Crippen molar-refractivity contribution >= 4 is 0 Å². The SMILES string of the molecule is COc1ccc(-c2cc(C)c(C)c3c2CCC(C)(C)O3)cc1.